The Morgan fingerprint density at radius 3 is 2.67 bits per heavy atom. The predicted octanol–water partition coefficient (Wildman–Crippen LogP) is 4.19. The van der Waals surface area contributed by atoms with Gasteiger partial charge in [0.15, 0.2) is 5.16 Å². The third-order valence-corrected chi connectivity index (χ3v) is 5.51. The first kappa shape index (κ1) is 20.3. The molecular formula is C21H17ClFN5OS. The first-order valence-electron chi connectivity index (χ1n) is 8.99. The van der Waals surface area contributed by atoms with E-state index in [0.717, 1.165) is 5.56 Å². The van der Waals surface area contributed by atoms with E-state index in [1.54, 1.807) is 53.2 Å². The van der Waals surface area contributed by atoms with Crippen LogP contribution < -0.4 is 5.56 Å². The predicted molar refractivity (Wildman–Crippen MR) is 115 cm³/mol. The molecule has 1 unspecified atom stereocenters. The molecule has 152 valence electrons. The number of aromatic nitrogens is 5. The van der Waals surface area contributed by atoms with Crippen molar-refractivity contribution >= 4 is 23.4 Å². The number of rotatable bonds is 5. The van der Waals surface area contributed by atoms with Crippen molar-refractivity contribution in [3.8, 4) is 11.3 Å². The van der Waals surface area contributed by atoms with E-state index >= 15 is 0 Å². The Morgan fingerprint density at radius 2 is 2.00 bits per heavy atom. The van der Waals surface area contributed by atoms with Crippen molar-refractivity contribution in [1.82, 2.24) is 24.3 Å². The smallest absolute Gasteiger partial charge is 0.252 e. The van der Waals surface area contributed by atoms with Crippen LogP contribution in [0.25, 0.3) is 11.3 Å². The number of halogens is 2. The molecule has 0 spiro atoms. The van der Waals surface area contributed by atoms with Crippen LogP contribution in [-0.2, 0) is 7.05 Å². The normalized spacial score (nSPS) is 12.1. The standard InChI is InChI=1S/C21H17ClFN5OS/c1-27-12-15(11-25-27)20(14-3-4-16(22)17(23)9-14)28-8-6-13(10-19(28)29)18-5-7-24-21(26-18)30-2/h3-12,20H,1-2H3. The molecule has 4 aromatic rings. The summed E-state index contributed by atoms with van der Waals surface area (Å²) in [5, 5.41) is 4.86. The Balaban J connectivity index is 1.83. The van der Waals surface area contributed by atoms with E-state index in [4.69, 9.17) is 11.6 Å². The number of aryl methyl sites for hydroxylation is 1. The van der Waals surface area contributed by atoms with Crippen molar-refractivity contribution in [2.75, 3.05) is 6.26 Å². The van der Waals surface area contributed by atoms with Gasteiger partial charge in [0.25, 0.3) is 5.56 Å². The van der Waals surface area contributed by atoms with Gasteiger partial charge in [-0.25, -0.2) is 14.4 Å². The summed E-state index contributed by atoms with van der Waals surface area (Å²) in [5.74, 6) is -0.543. The second kappa shape index (κ2) is 8.41. The molecule has 0 saturated carbocycles. The largest absolute Gasteiger partial charge is 0.304 e. The highest BCUT2D eigenvalue weighted by molar-refractivity contribution is 7.98. The minimum atomic E-state index is -0.556. The Kier molecular flexibility index (Phi) is 5.69. The molecule has 3 heterocycles. The van der Waals surface area contributed by atoms with Gasteiger partial charge in [0.1, 0.15) is 5.82 Å². The first-order valence-corrected chi connectivity index (χ1v) is 10.6. The van der Waals surface area contributed by atoms with Crippen LogP contribution in [0.2, 0.25) is 5.02 Å². The highest BCUT2D eigenvalue weighted by Crippen LogP contribution is 2.28. The molecule has 0 bridgehead atoms. The van der Waals surface area contributed by atoms with Crippen molar-refractivity contribution in [2.45, 2.75) is 11.2 Å². The zero-order valence-electron chi connectivity index (χ0n) is 16.2. The molecule has 0 N–H and O–H groups in total. The zero-order valence-corrected chi connectivity index (χ0v) is 17.7. The van der Waals surface area contributed by atoms with Gasteiger partial charge in [-0.3, -0.25) is 9.48 Å². The van der Waals surface area contributed by atoms with E-state index in [1.807, 2.05) is 12.3 Å². The topological polar surface area (TPSA) is 65.6 Å². The number of pyridine rings is 1. The third kappa shape index (κ3) is 4.01. The summed E-state index contributed by atoms with van der Waals surface area (Å²) in [6.45, 7) is 0. The molecule has 0 saturated heterocycles. The monoisotopic (exact) mass is 441 g/mol. The van der Waals surface area contributed by atoms with Gasteiger partial charge >= 0.3 is 0 Å². The number of hydrogen-bond acceptors (Lipinski definition) is 5. The maximum atomic E-state index is 14.2. The fraction of sp³-hybridized carbons (Fsp3) is 0.143. The van der Waals surface area contributed by atoms with Gasteiger partial charge in [0.2, 0.25) is 0 Å². The van der Waals surface area contributed by atoms with Crippen LogP contribution >= 0.6 is 23.4 Å². The summed E-state index contributed by atoms with van der Waals surface area (Å²) < 4.78 is 17.4. The lowest BCUT2D eigenvalue weighted by Crippen LogP contribution is -2.25. The molecule has 9 heteroatoms. The number of benzene rings is 1. The molecule has 0 radical (unpaired) electrons. The molecule has 1 aromatic carbocycles. The Morgan fingerprint density at radius 1 is 1.17 bits per heavy atom. The SMILES string of the molecule is CSc1nccc(-c2ccn(C(c3ccc(Cl)c(F)c3)c3cnn(C)c3)c(=O)c2)n1. The molecule has 1 atom stereocenters. The van der Waals surface area contributed by atoms with E-state index in [-0.39, 0.29) is 10.6 Å². The van der Waals surface area contributed by atoms with Crippen LogP contribution in [0.4, 0.5) is 4.39 Å². The molecular weight excluding hydrogens is 425 g/mol. The number of hydrogen-bond donors (Lipinski definition) is 0. The average molecular weight is 442 g/mol. The highest BCUT2D eigenvalue weighted by atomic mass is 35.5. The van der Waals surface area contributed by atoms with Crippen molar-refractivity contribution < 1.29 is 4.39 Å². The van der Waals surface area contributed by atoms with E-state index < -0.39 is 11.9 Å². The van der Waals surface area contributed by atoms with E-state index in [9.17, 15) is 9.18 Å². The maximum absolute atomic E-state index is 14.2. The molecule has 0 fully saturated rings. The van der Waals surface area contributed by atoms with Crippen molar-refractivity contribution in [1.29, 1.82) is 0 Å². The molecule has 0 aliphatic heterocycles. The van der Waals surface area contributed by atoms with Crippen LogP contribution in [0.3, 0.4) is 0 Å². The van der Waals surface area contributed by atoms with Gasteiger partial charge in [-0.2, -0.15) is 5.10 Å². The summed E-state index contributed by atoms with van der Waals surface area (Å²) in [6.07, 6.45) is 8.69. The van der Waals surface area contributed by atoms with Crippen LogP contribution in [0.5, 0.6) is 0 Å². The van der Waals surface area contributed by atoms with Crippen LogP contribution in [-0.4, -0.2) is 30.6 Å². The van der Waals surface area contributed by atoms with Gasteiger partial charge in [-0.15, -0.1) is 0 Å². The van der Waals surface area contributed by atoms with Crippen LogP contribution in [0, 0.1) is 5.82 Å². The Labute approximate surface area is 181 Å². The van der Waals surface area contributed by atoms with Gasteiger partial charge < -0.3 is 4.57 Å². The van der Waals surface area contributed by atoms with Gasteiger partial charge in [-0.05, 0) is 36.1 Å². The van der Waals surface area contributed by atoms with Crippen molar-refractivity contribution in [3.63, 3.8) is 0 Å². The van der Waals surface area contributed by atoms with E-state index in [0.29, 0.717) is 22.0 Å². The molecule has 0 amide bonds. The Bertz CT molecular complexity index is 1270. The second-order valence-corrected chi connectivity index (χ2v) is 7.79. The quantitative estimate of drug-likeness (QED) is 0.343. The molecule has 0 aliphatic carbocycles. The minimum Gasteiger partial charge on any atom is -0.304 e. The summed E-state index contributed by atoms with van der Waals surface area (Å²) in [6, 6.07) is 9.06. The Hall–Kier alpha value is -2.97. The fourth-order valence-corrected chi connectivity index (χ4v) is 3.71. The maximum Gasteiger partial charge on any atom is 0.252 e. The first-order chi connectivity index (χ1) is 14.5. The van der Waals surface area contributed by atoms with Gasteiger partial charge in [-0.1, -0.05) is 29.4 Å². The second-order valence-electron chi connectivity index (χ2n) is 6.61. The van der Waals surface area contributed by atoms with E-state index in [1.165, 1.54) is 30.0 Å². The van der Waals surface area contributed by atoms with Crippen molar-refractivity contribution in [3.05, 3.63) is 93.5 Å². The summed E-state index contributed by atoms with van der Waals surface area (Å²) in [7, 11) is 1.79. The van der Waals surface area contributed by atoms with E-state index in [2.05, 4.69) is 15.1 Å². The molecule has 30 heavy (non-hydrogen) atoms. The third-order valence-electron chi connectivity index (χ3n) is 4.64. The molecule has 6 nitrogen and oxygen atoms in total. The lowest BCUT2D eigenvalue weighted by atomic mass is 10.0. The number of thioether (sulfide) groups is 1. The lowest BCUT2D eigenvalue weighted by molar-refractivity contribution is 0.609. The lowest BCUT2D eigenvalue weighted by Gasteiger charge is -2.20. The van der Waals surface area contributed by atoms with Crippen LogP contribution in [0.15, 0.2) is 71.1 Å². The van der Waals surface area contributed by atoms with Crippen molar-refractivity contribution in [2.24, 2.45) is 7.05 Å². The fourth-order valence-electron chi connectivity index (χ4n) is 3.24. The summed E-state index contributed by atoms with van der Waals surface area (Å²) >= 11 is 7.28. The molecule has 4 rings (SSSR count). The van der Waals surface area contributed by atoms with Gasteiger partial charge in [0.05, 0.1) is 23.0 Å². The molecule has 0 aliphatic rings. The summed E-state index contributed by atoms with van der Waals surface area (Å²) in [5.41, 5.74) is 2.43. The highest BCUT2D eigenvalue weighted by Gasteiger charge is 2.21. The van der Waals surface area contributed by atoms with Gasteiger partial charge in [0, 0.05) is 42.8 Å². The number of nitrogens with zero attached hydrogens (tertiary/aromatic N) is 5. The molecule has 3 aromatic heterocycles. The van der Waals surface area contributed by atoms with Crippen LogP contribution in [0.1, 0.15) is 17.2 Å². The minimum absolute atomic E-state index is 0.0275. The average Bonchev–Trinajstić information content (AvgIpc) is 3.17. The summed E-state index contributed by atoms with van der Waals surface area (Å²) in [4.78, 5) is 21.7. The zero-order chi connectivity index (χ0) is 21.3.